The van der Waals surface area contributed by atoms with Gasteiger partial charge in [0.15, 0.2) is 0 Å². The fourth-order valence-corrected chi connectivity index (χ4v) is 2.51. The lowest BCUT2D eigenvalue weighted by atomic mass is 10.3. The number of hydrogen-bond donors (Lipinski definition) is 3. The van der Waals surface area contributed by atoms with E-state index in [4.69, 9.17) is 5.73 Å². The van der Waals surface area contributed by atoms with E-state index in [1.807, 2.05) is 0 Å². The van der Waals surface area contributed by atoms with Crippen molar-refractivity contribution >= 4 is 16.1 Å². The number of carbonyl (C=O) groups excluding carboxylic acids is 1. The van der Waals surface area contributed by atoms with Crippen LogP contribution in [0.3, 0.4) is 0 Å². The van der Waals surface area contributed by atoms with E-state index in [0.29, 0.717) is 38.4 Å². The van der Waals surface area contributed by atoms with E-state index in [2.05, 4.69) is 10.0 Å². The molecule has 0 aromatic heterocycles. The monoisotopic (exact) mass is 292 g/mol. The van der Waals surface area contributed by atoms with Gasteiger partial charge in [0, 0.05) is 32.6 Å². The zero-order valence-corrected chi connectivity index (χ0v) is 12.2. The van der Waals surface area contributed by atoms with Crippen LogP contribution in [-0.2, 0) is 15.0 Å². The minimum atomic E-state index is -3.45. The van der Waals surface area contributed by atoms with Crippen LogP contribution in [-0.4, -0.2) is 51.4 Å². The van der Waals surface area contributed by atoms with E-state index in [1.165, 1.54) is 11.4 Å². The first kappa shape index (κ1) is 16.4. The summed E-state index contributed by atoms with van der Waals surface area (Å²) in [5, 5.41) is 2.86. The first-order valence-electron chi connectivity index (χ1n) is 6.66. The van der Waals surface area contributed by atoms with Crippen LogP contribution in [0, 0.1) is 0 Å². The highest BCUT2D eigenvalue weighted by Crippen LogP contribution is 2.18. The van der Waals surface area contributed by atoms with Gasteiger partial charge in [-0.1, -0.05) is 0 Å². The van der Waals surface area contributed by atoms with Crippen LogP contribution < -0.4 is 15.8 Å². The normalized spacial score (nSPS) is 15.7. The molecule has 8 heteroatoms. The maximum atomic E-state index is 11.7. The molecule has 0 saturated heterocycles. The summed E-state index contributed by atoms with van der Waals surface area (Å²) in [6.45, 7) is 1.13. The second kappa shape index (κ2) is 7.78. The standard InChI is InChI=1S/C11H24N4O3S/c1-15(9-3-7-12)19(17,18)13-8-2-4-11(16)14-10-5-6-10/h10,13H,2-9,12H2,1H3,(H,14,16). The van der Waals surface area contributed by atoms with Crippen molar-refractivity contribution in [3.05, 3.63) is 0 Å². The molecule has 0 spiro atoms. The Bertz CT molecular complexity index is 381. The fourth-order valence-electron chi connectivity index (χ4n) is 1.52. The Balaban J connectivity index is 2.13. The lowest BCUT2D eigenvalue weighted by Crippen LogP contribution is -2.39. The van der Waals surface area contributed by atoms with Crippen molar-refractivity contribution in [3.8, 4) is 0 Å². The number of nitrogens with zero attached hydrogens (tertiary/aromatic N) is 1. The summed E-state index contributed by atoms with van der Waals surface area (Å²) in [7, 11) is -1.93. The topological polar surface area (TPSA) is 105 Å². The summed E-state index contributed by atoms with van der Waals surface area (Å²) < 4.78 is 27.2. The van der Waals surface area contributed by atoms with Gasteiger partial charge in [-0.25, -0.2) is 4.72 Å². The number of carbonyl (C=O) groups is 1. The highest BCUT2D eigenvalue weighted by molar-refractivity contribution is 7.87. The molecule has 4 N–H and O–H groups in total. The molecule has 1 rings (SSSR count). The Morgan fingerprint density at radius 3 is 2.63 bits per heavy atom. The Hall–Kier alpha value is -0.700. The number of rotatable bonds is 10. The molecule has 0 unspecified atom stereocenters. The predicted molar refractivity (Wildman–Crippen MR) is 73.6 cm³/mol. The van der Waals surface area contributed by atoms with Crippen LogP contribution in [0.5, 0.6) is 0 Å². The van der Waals surface area contributed by atoms with Crippen LogP contribution in [0.4, 0.5) is 0 Å². The third kappa shape index (κ3) is 6.86. The second-order valence-corrected chi connectivity index (χ2v) is 6.67. The molecule has 1 aliphatic carbocycles. The van der Waals surface area contributed by atoms with E-state index >= 15 is 0 Å². The number of nitrogens with two attached hydrogens (primary N) is 1. The Morgan fingerprint density at radius 1 is 1.37 bits per heavy atom. The van der Waals surface area contributed by atoms with Crippen molar-refractivity contribution in [3.63, 3.8) is 0 Å². The Morgan fingerprint density at radius 2 is 2.05 bits per heavy atom. The van der Waals surface area contributed by atoms with Crippen LogP contribution in [0.1, 0.15) is 32.1 Å². The lowest BCUT2D eigenvalue weighted by Gasteiger charge is -2.17. The van der Waals surface area contributed by atoms with Crippen LogP contribution >= 0.6 is 0 Å². The molecule has 112 valence electrons. The summed E-state index contributed by atoms with van der Waals surface area (Å²) in [5.41, 5.74) is 5.33. The van der Waals surface area contributed by atoms with E-state index in [-0.39, 0.29) is 12.5 Å². The maximum Gasteiger partial charge on any atom is 0.279 e. The molecule has 1 aliphatic rings. The molecule has 0 aliphatic heterocycles. The Labute approximate surface area is 115 Å². The third-order valence-electron chi connectivity index (χ3n) is 2.89. The van der Waals surface area contributed by atoms with E-state index in [0.717, 1.165) is 12.8 Å². The van der Waals surface area contributed by atoms with E-state index < -0.39 is 10.2 Å². The molecule has 1 fully saturated rings. The third-order valence-corrected chi connectivity index (χ3v) is 4.47. The molecule has 0 heterocycles. The molecule has 1 amide bonds. The first-order chi connectivity index (χ1) is 8.95. The van der Waals surface area contributed by atoms with Crippen molar-refractivity contribution in [2.45, 2.75) is 38.1 Å². The predicted octanol–water partition coefficient (Wildman–Crippen LogP) is -0.840. The summed E-state index contributed by atoms with van der Waals surface area (Å²) in [5.74, 6) is -0.00168. The van der Waals surface area contributed by atoms with Gasteiger partial charge in [-0.3, -0.25) is 4.79 Å². The average molecular weight is 292 g/mol. The summed E-state index contributed by atoms with van der Waals surface area (Å²) in [4.78, 5) is 11.4. The molecule has 7 nitrogen and oxygen atoms in total. The van der Waals surface area contributed by atoms with Gasteiger partial charge >= 0.3 is 0 Å². The van der Waals surface area contributed by atoms with Crippen LogP contribution in [0.2, 0.25) is 0 Å². The molecule has 19 heavy (non-hydrogen) atoms. The van der Waals surface area contributed by atoms with Gasteiger partial charge in [0.05, 0.1) is 0 Å². The molecular weight excluding hydrogens is 268 g/mol. The van der Waals surface area contributed by atoms with Gasteiger partial charge in [-0.05, 0) is 32.2 Å². The van der Waals surface area contributed by atoms with Crippen molar-refractivity contribution < 1.29 is 13.2 Å². The van der Waals surface area contributed by atoms with Crippen LogP contribution in [0.25, 0.3) is 0 Å². The van der Waals surface area contributed by atoms with Crippen molar-refractivity contribution in [1.82, 2.24) is 14.3 Å². The number of nitrogens with one attached hydrogen (secondary N) is 2. The van der Waals surface area contributed by atoms with Gasteiger partial charge in [0.25, 0.3) is 10.2 Å². The molecule has 0 aromatic carbocycles. The first-order valence-corrected chi connectivity index (χ1v) is 8.10. The maximum absolute atomic E-state index is 11.7. The van der Waals surface area contributed by atoms with Gasteiger partial charge in [0.1, 0.15) is 0 Å². The van der Waals surface area contributed by atoms with Gasteiger partial charge < -0.3 is 11.1 Å². The van der Waals surface area contributed by atoms with E-state index in [1.54, 1.807) is 0 Å². The lowest BCUT2D eigenvalue weighted by molar-refractivity contribution is -0.121. The zero-order valence-electron chi connectivity index (χ0n) is 11.4. The van der Waals surface area contributed by atoms with E-state index in [9.17, 15) is 13.2 Å². The number of amides is 1. The molecule has 0 radical (unpaired) electrons. The number of hydrogen-bond acceptors (Lipinski definition) is 4. The van der Waals surface area contributed by atoms with Gasteiger partial charge in [-0.15, -0.1) is 0 Å². The summed E-state index contributed by atoms with van der Waals surface area (Å²) in [6.07, 6.45) is 3.60. The molecule has 0 bridgehead atoms. The van der Waals surface area contributed by atoms with Gasteiger partial charge in [0.2, 0.25) is 5.91 Å². The minimum absolute atomic E-state index is 0.00168. The highest BCUT2D eigenvalue weighted by atomic mass is 32.2. The van der Waals surface area contributed by atoms with Crippen molar-refractivity contribution in [2.24, 2.45) is 5.73 Å². The highest BCUT2D eigenvalue weighted by Gasteiger charge is 2.23. The quantitative estimate of drug-likeness (QED) is 0.457. The van der Waals surface area contributed by atoms with Gasteiger partial charge in [-0.2, -0.15) is 12.7 Å². The average Bonchev–Trinajstić information content (AvgIpc) is 3.15. The summed E-state index contributed by atoms with van der Waals surface area (Å²) >= 11 is 0. The SMILES string of the molecule is CN(CCCN)S(=O)(=O)NCCCC(=O)NC1CC1. The molecule has 1 saturated carbocycles. The smallest absolute Gasteiger partial charge is 0.279 e. The Kier molecular flexibility index (Phi) is 6.70. The zero-order chi connectivity index (χ0) is 14.3. The largest absolute Gasteiger partial charge is 0.353 e. The van der Waals surface area contributed by atoms with Crippen molar-refractivity contribution in [2.75, 3.05) is 26.7 Å². The molecule has 0 aromatic rings. The fraction of sp³-hybridized carbons (Fsp3) is 0.909. The molecule has 0 atom stereocenters. The second-order valence-electron chi connectivity index (χ2n) is 4.81. The molecular formula is C11H24N4O3S. The minimum Gasteiger partial charge on any atom is -0.353 e. The van der Waals surface area contributed by atoms with Crippen molar-refractivity contribution in [1.29, 1.82) is 0 Å². The van der Waals surface area contributed by atoms with Crippen LogP contribution in [0.15, 0.2) is 0 Å². The summed E-state index contributed by atoms with van der Waals surface area (Å²) in [6, 6.07) is 0.353.